The number of carbonyl (C=O) groups is 3. The van der Waals surface area contributed by atoms with Gasteiger partial charge in [-0.2, -0.15) is 0 Å². The molecule has 1 saturated heterocycles. The Hall–Kier alpha value is -3.35. The molecule has 2 aromatic rings. The molecule has 0 radical (unpaired) electrons. The summed E-state index contributed by atoms with van der Waals surface area (Å²) in [5, 5.41) is 2.63. The Morgan fingerprint density at radius 2 is 1.69 bits per heavy atom. The number of nitrogens with one attached hydrogen (secondary N) is 1. The van der Waals surface area contributed by atoms with Crippen molar-refractivity contribution in [2.24, 2.45) is 0 Å². The maximum Gasteiger partial charge on any atom is 0.407 e. The number of amides is 1. The molecule has 1 aliphatic heterocycles. The van der Waals surface area contributed by atoms with Crippen molar-refractivity contribution in [3.8, 4) is 0 Å². The van der Waals surface area contributed by atoms with E-state index in [1.165, 1.54) is 7.11 Å². The largest absolute Gasteiger partial charge is 0.465 e. The monoisotopic (exact) mass is 355 g/mol. The minimum Gasteiger partial charge on any atom is -0.465 e. The van der Waals surface area contributed by atoms with Gasteiger partial charge in [-0.3, -0.25) is 0 Å². The van der Waals surface area contributed by atoms with E-state index in [0.717, 1.165) is 0 Å². The van der Waals surface area contributed by atoms with Crippen LogP contribution >= 0.6 is 0 Å². The van der Waals surface area contributed by atoms with E-state index < -0.39 is 30.2 Å². The lowest BCUT2D eigenvalue weighted by atomic mass is 10.0. The first kappa shape index (κ1) is 17.5. The zero-order valence-electron chi connectivity index (χ0n) is 14.0. The number of carbonyl (C=O) groups excluding carboxylic acids is 3. The maximum absolute atomic E-state index is 12.4. The summed E-state index contributed by atoms with van der Waals surface area (Å²) in [4.78, 5) is 35.4. The number of hydrogen-bond donors (Lipinski definition) is 1. The van der Waals surface area contributed by atoms with E-state index in [4.69, 9.17) is 9.47 Å². The zero-order valence-corrected chi connectivity index (χ0v) is 14.0. The Morgan fingerprint density at radius 3 is 2.27 bits per heavy atom. The highest BCUT2D eigenvalue weighted by Gasteiger charge is 2.34. The van der Waals surface area contributed by atoms with Crippen molar-refractivity contribution in [2.45, 2.75) is 12.1 Å². The van der Waals surface area contributed by atoms with E-state index in [1.54, 1.807) is 54.6 Å². The molecule has 0 aromatic heterocycles. The average Bonchev–Trinajstić information content (AvgIpc) is 3.12. The molecule has 0 spiro atoms. The van der Waals surface area contributed by atoms with Crippen LogP contribution in [0.3, 0.4) is 0 Å². The number of methoxy groups -OCH3 is 1. The van der Waals surface area contributed by atoms with Gasteiger partial charge in [0.15, 0.2) is 6.10 Å². The number of rotatable bonds is 5. The van der Waals surface area contributed by atoms with E-state index in [-0.39, 0.29) is 6.61 Å². The Labute approximate surface area is 149 Å². The molecule has 0 unspecified atom stereocenters. The minimum absolute atomic E-state index is 0.0737. The second kappa shape index (κ2) is 7.69. The SMILES string of the molecule is COC(=O)c1ccc([C@H](OC(=O)c2ccccc2)[C@H]2COC(=O)N2)cc1. The second-order valence-electron chi connectivity index (χ2n) is 5.65. The standard InChI is InChI=1S/C19H17NO6/c1-24-17(21)14-9-7-12(8-10-14)16(15-11-25-19(23)20-15)26-18(22)13-5-3-2-4-6-13/h2-10,15-16H,11H2,1H3,(H,20,23)/t15-,16+/m1/s1. The molecule has 1 heterocycles. The van der Waals surface area contributed by atoms with Crippen molar-refractivity contribution in [3.05, 3.63) is 71.3 Å². The Bertz CT molecular complexity index is 803. The summed E-state index contributed by atoms with van der Waals surface area (Å²) in [6.45, 7) is 0.0737. The molecule has 1 fully saturated rings. The molecule has 7 nitrogen and oxygen atoms in total. The molecule has 2 atom stereocenters. The minimum atomic E-state index is -0.763. The summed E-state index contributed by atoms with van der Waals surface area (Å²) in [7, 11) is 1.30. The van der Waals surface area contributed by atoms with Crippen LogP contribution in [0.25, 0.3) is 0 Å². The van der Waals surface area contributed by atoms with Crippen LogP contribution in [0.4, 0.5) is 4.79 Å². The quantitative estimate of drug-likeness (QED) is 0.654. The fraction of sp³-hybridized carbons (Fsp3) is 0.211. The third-order valence-electron chi connectivity index (χ3n) is 3.97. The third kappa shape index (κ3) is 3.83. The van der Waals surface area contributed by atoms with Crippen molar-refractivity contribution >= 4 is 18.0 Å². The van der Waals surface area contributed by atoms with Crippen LogP contribution < -0.4 is 5.32 Å². The van der Waals surface area contributed by atoms with E-state index in [1.807, 2.05) is 0 Å². The molecule has 2 aromatic carbocycles. The Balaban J connectivity index is 1.85. The van der Waals surface area contributed by atoms with Crippen LogP contribution in [0.15, 0.2) is 54.6 Å². The average molecular weight is 355 g/mol. The Morgan fingerprint density at radius 1 is 1.04 bits per heavy atom. The van der Waals surface area contributed by atoms with Crippen molar-refractivity contribution < 1.29 is 28.6 Å². The topological polar surface area (TPSA) is 90.9 Å². The van der Waals surface area contributed by atoms with Crippen molar-refractivity contribution in [1.29, 1.82) is 0 Å². The number of esters is 2. The van der Waals surface area contributed by atoms with E-state index in [0.29, 0.717) is 16.7 Å². The molecule has 26 heavy (non-hydrogen) atoms. The molecule has 1 amide bonds. The lowest BCUT2D eigenvalue weighted by molar-refractivity contribution is 0.0202. The fourth-order valence-electron chi connectivity index (χ4n) is 2.63. The predicted octanol–water partition coefficient (Wildman–Crippen LogP) is 2.48. The smallest absolute Gasteiger partial charge is 0.407 e. The fourth-order valence-corrected chi connectivity index (χ4v) is 2.63. The Kier molecular flexibility index (Phi) is 5.17. The highest BCUT2D eigenvalue weighted by molar-refractivity contribution is 5.90. The summed E-state index contributed by atoms with van der Waals surface area (Å²) >= 11 is 0. The number of cyclic esters (lactones) is 1. The molecular weight excluding hydrogens is 338 g/mol. The summed E-state index contributed by atoms with van der Waals surface area (Å²) in [5.74, 6) is -0.985. The number of benzene rings is 2. The van der Waals surface area contributed by atoms with E-state index >= 15 is 0 Å². The highest BCUT2D eigenvalue weighted by atomic mass is 16.6. The van der Waals surface area contributed by atoms with Crippen molar-refractivity contribution in [3.63, 3.8) is 0 Å². The maximum atomic E-state index is 12.4. The molecule has 3 rings (SSSR count). The summed E-state index contributed by atoms with van der Waals surface area (Å²) in [6.07, 6.45) is -1.33. The van der Waals surface area contributed by atoms with E-state index in [2.05, 4.69) is 10.1 Å². The molecule has 134 valence electrons. The van der Waals surface area contributed by atoms with Crippen molar-refractivity contribution in [2.75, 3.05) is 13.7 Å². The van der Waals surface area contributed by atoms with Crippen LogP contribution in [0.5, 0.6) is 0 Å². The number of ether oxygens (including phenoxy) is 3. The summed E-state index contributed by atoms with van der Waals surface area (Å²) < 4.78 is 15.2. The first-order valence-electron chi connectivity index (χ1n) is 7.96. The molecule has 7 heteroatoms. The van der Waals surface area contributed by atoms with Gasteiger partial charge in [-0.15, -0.1) is 0 Å². The van der Waals surface area contributed by atoms with Gasteiger partial charge < -0.3 is 19.5 Å². The van der Waals surface area contributed by atoms with Gasteiger partial charge in [-0.25, -0.2) is 14.4 Å². The first-order chi connectivity index (χ1) is 12.6. The molecule has 1 N–H and O–H groups in total. The summed E-state index contributed by atoms with van der Waals surface area (Å²) in [5.41, 5.74) is 1.39. The van der Waals surface area contributed by atoms with Crippen molar-refractivity contribution in [1.82, 2.24) is 5.32 Å². The third-order valence-corrected chi connectivity index (χ3v) is 3.97. The second-order valence-corrected chi connectivity index (χ2v) is 5.65. The predicted molar refractivity (Wildman–Crippen MR) is 90.7 cm³/mol. The lowest BCUT2D eigenvalue weighted by Crippen LogP contribution is -2.35. The molecule has 0 saturated carbocycles. The van der Waals surface area contributed by atoms with Gasteiger partial charge in [0.05, 0.1) is 18.2 Å². The van der Waals surface area contributed by atoms with Gasteiger partial charge in [0.25, 0.3) is 0 Å². The molecule has 1 aliphatic rings. The normalized spacial score (nSPS) is 17.0. The number of hydrogen-bond acceptors (Lipinski definition) is 6. The van der Waals surface area contributed by atoms with Crippen LogP contribution in [0.2, 0.25) is 0 Å². The van der Waals surface area contributed by atoms with Gasteiger partial charge in [-0.05, 0) is 29.8 Å². The van der Waals surface area contributed by atoms with Gasteiger partial charge in [0.2, 0.25) is 0 Å². The first-order valence-corrected chi connectivity index (χ1v) is 7.96. The number of alkyl carbamates (subject to hydrolysis) is 1. The lowest BCUT2D eigenvalue weighted by Gasteiger charge is -2.23. The van der Waals surface area contributed by atoms with Crippen LogP contribution in [0.1, 0.15) is 32.4 Å². The van der Waals surface area contributed by atoms with Gasteiger partial charge in [0, 0.05) is 0 Å². The van der Waals surface area contributed by atoms with Crippen LogP contribution in [-0.2, 0) is 14.2 Å². The zero-order chi connectivity index (χ0) is 18.5. The highest BCUT2D eigenvalue weighted by Crippen LogP contribution is 2.26. The molecular formula is C19H17NO6. The van der Waals surface area contributed by atoms with E-state index in [9.17, 15) is 14.4 Å². The van der Waals surface area contributed by atoms with Crippen LogP contribution in [-0.4, -0.2) is 37.8 Å². The van der Waals surface area contributed by atoms with Gasteiger partial charge in [-0.1, -0.05) is 30.3 Å². The molecule has 0 aliphatic carbocycles. The summed E-state index contributed by atoms with van der Waals surface area (Å²) in [6, 6.07) is 14.5. The molecule has 0 bridgehead atoms. The van der Waals surface area contributed by atoms with Crippen LogP contribution in [0, 0.1) is 0 Å². The van der Waals surface area contributed by atoms with Gasteiger partial charge >= 0.3 is 18.0 Å². The van der Waals surface area contributed by atoms with Gasteiger partial charge in [0.1, 0.15) is 12.6 Å².